The van der Waals surface area contributed by atoms with Gasteiger partial charge in [-0.05, 0) is 50.2 Å². The minimum Gasteiger partial charge on any atom is -0.394 e. The van der Waals surface area contributed by atoms with Crippen LogP contribution in [0.25, 0.3) is 10.9 Å². The quantitative estimate of drug-likeness (QED) is 0.318. The standard InChI is InChI=1S/C31H43N5O5/c1-20(38)36-13-11-31(12-14-36)18-23(28(39)35-31)16-24(19-37)32-29(40)26(15-21-7-3-2-4-8-21)34-30(41)27-17-22-9-5-6-10-25(22)33-27/h5-6,9-10,17,21,23-24,26,33,37H,2-4,7-8,11-16,18-19H2,1H3,(H,32,40)(H,34,41)(H,35,39)/t23?,24?,26-/m0/s1. The van der Waals surface area contributed by atoms with E-state index in [1.54, 1.807) is 17.9 Å². The van der Waals surface area contributed by atoms with Gasteiger partial charge < -0.3 is 30.9 Å². The molecule has 10 nitrogen and oxygen atoms in total. The first-order chi connectivity index (χ1) is 19.7. The third-order valence-corrected chi connectivity index (χ3v) is 9.39. The third-order valence-electron chi connectivity index (χ3n) is 9.39. The maximum Gasteiger partial charge on any atom is 0.268 e. The Morgan fingerprint density at radius 1 is 1.07 bits per heavy atom. The van der Waals surface area contributed by atoms with Crippen LogP contribution in [0.15, 0.2) is 30.3 Å². The molecule has 5 N–H and O–H groups in total. The molecule has 41 heavy (non-hydrogen) atoms. The molecular weight excluding hydrogens is 522 g/mol. The van der Waals surface area contributed by atoms with E-state index in [4.69, 9.17) is 0 Å². The lowest BCUT2D eigenvalue weighted by Crippen LogP contribution is -2.51. The number of fused-ring (bicyclic) bond motifs is 1. The molecule has 5 rings (SSSR count). The van der Waals surface area contributed by atoms with Crippen LogP contribution in [0.5, 0.6) is 0 Å². The Kier molecular flexibility index (Phi) is 8.97. The number of aromatic nitrogens is 1. The maximum atomic E-state index is 13.6. The van der Waals surface area contributed by atoms with E-state index in [2.05, 4.69) is 20.9 Å². The number of carbonyl (C=O) groups excluding carboxylic acids is 4. The summed E-state index contributed by atoms with van der Waals surface area (Å²) in [5, 5.41) is 20.2. The number of para-hydroxylation sites is 1. The number of piperidine rings is 1. The summed E-state index contributed by atoms with van der Waals surface area (Å²) in [6.07, 6.45) is 8.37. The minimum atomic E-state index is -0.745. The lowest BCUT2D eigenvalue weighted by molar-refractivity contribution is -0.130. The highest BCUT2D eigenvalue weighted by atomic mass is 16.3. The summed E-state index contributed by atoms with van der Waals surface area (Å²) in [5.74, 6) is -0.692. The van der Waals surface area contributed by atoms with Crippen LogP contribution in [0.4, 0.5) is 0 Å². The van der Waals surface area contributed by atoms with Crippen molar-refractivity contribution < 1.29 is 24.3 Å². The minimum absolute atomic E-state index is 0.0446. The molecule has 1 aromatic heterocycles. The normalized spacial score (nSPS) is 22.3. The van der Waals surface area contributed by atoms with E-state index in [-0.39, 0.29) is 41.7 Å². The number of aliphatic hydroxyl groups excluding tert-OH is 1. The lowest BCUT2D eigenvalue weighted by atomic mass is 9.82. The molecule has 10 heteroatoms. The number of aromatic amines is 1. The van der Waals surface area contributed by atoms with E-state index in [1.807, 2.05) is 24.3 Å². The van der Waals surface area contributed by atoms with Gasteiger partial charge in [0.1, 0.15) is 11.7 Å². The van der Waals surface area contributed by atoms with Gasteiger partial charge in [0, 0.05) is 42.4 Å². The van der Waals surface area contributed by atoms with Crippen molar-refractivity contribution in [1.82, 2.24) is 25.8 Å². The van der Waals surface area contributed by atoms with Gasteiger partial charge in [0.05, 0.1) is 12.6 Å². The third kappa shape index (κ3) is 6.92. The van der Waals surface area contributed by atoms with Crippen molar-refractivity contribution in [2.45, 2.75) is 88.8 Å². The molecule has 3 aliphatic rings. The first kappa shape index (κ1) is 29.1. The largest absolute Gasteiger partial charge is 0.394 e. The Balaban J connectivity index is 1.23. The summed E-state index contributed by atoms with van der Waals surface area (Å²) in [5.41, 5.74) is 0.912. The second-order valence-corrected chi connectivity index (χ2v) is 12.3. The molecule has 1 aliphatic carbocycles. The summed E-state index contributed by atoms with van der Waals surface area (Å²) >= 11 is 0. The highest BCUT2D eigenvalue weighted by Crippen LogP contribution is 2.36. The van der Waals surface area contributed by atoms with Crippen molar-refractivity contribution in [3.8, 4) is 0 Å². The SMILES string of the molecule is CC(=O)N1CCC2(CC1)CC(CC(CO)NC(=O)[C@H](CC1CCCCC1)NC(=O)c1cc3ccccc3[nH]1)C(=O)N2. The smallest absolute Gasteiger partial charge is 0.268 e. The van der Waals surface area contributed by atoms with Crippen LogP contribution in [0.2, 0.25) is 0 Å². The van der Waals surface area contributed by atoms with Gasteiger partial charge in [-0.3, -0.25) is 19.2 Å². The Bertz CT molecular complexity index is 1230. The first-order valence-electron chi connectivity index (χ1n) is 15.1. The summed E-state index contributed by atoms with van der Waals surface area (Å²) < 4.78 is 0. The molecule has 0 bridgehead atoms. The van der Waals surface area contributed by atoms with E-state index < -0.39 is 12.1 Å². The van der Waals surface area contributed by atoms with E-state index in [0.29, 0.717) is 56.8 Å². The summed E-state index contributed by atoms with van der Waals surface area (Å²) in [4.78, 5) is 56.4. The molecule has 2 aliphatic heterocycles. The highest BCUT2D eigenvalue weighted by Gasteiger charge is 2.46. The first-order valence-corrected chi connectivity index (χ1v) is 15.1. The number of likely N-dealkylation sites (tertiary alicyclic amines) is 1. The molecule has 0 radical (unpaired) electrons. The molecule has 2 unspecified atom stereocenters. The maximum absolute atomic E-state index is 13.6. The van der Waals surface area contributed by atoms with Gasteiger partial charge in [0.25, 0.3) is 5.91 Å². The van der Waals surface area contributed by atoms with Gasteiger partial charge in [-0.25, -0.2) is 0 Å². The number of nitrogens with one attached hydrogen (secondary N) is 4. The van der Waals surface area contributed by atoms with E-state index in [9.17, 15) is 24.3 Å². The van der Waals surface area contributed by atoms with Crippen LogP contribution in [-0.2, 0) is 14.4 Å². The molecule has 1 spiro atoms. The van der Waals surface area contributed by atoms with Crippen molar-refractivity contribution >= 4 is 34.5 Å². The summed E-state index contributed by atoms with van der Waals surface area (Å²) in [6.45, 7) is 2.49. The molecule has 3 heterocycles. The Hall–Kier alpha value is -3.40. The number of hydrogen-bond acceptors (Lipinski definition) is 5. The zero-order chi connectivity index (χ0) is 29.0. The predicted octanol–water partition coefficient (Wildman–Crippen LogP) is 2.62. The molecule has 1 aromatic carbocycles. The van der Waals surface area contributed by atoms with Crippen LogP contribution in [-0.4, -0.2) is 75.9 Å². The summed E-state index contributed by atoms with van der Waals surface area (Å²) in [7, 11) is 0. The lowest BCUT2D eigenvalue weighted by Gasteiger charge is -2.39. The van der Waals surface area contributed by atoms with Crippen molar-refractivity contribution in [2.75, 3.05) is 19.7 Å². The molecule has 2 saturated heterocycles. The molecule has 222 valence electrons. The topological polar surface area (TPSA) is 144 Å². The molecule has 3 atom stereocenters. The number of benzene rings is 1. The monoisotopic (exact) mass is 565 g/mol. The van der Waals surface area contributed by atoms with Crippen molar-refractivity contribution in [1.29, 1.82) is 0 Å². The average molecular weight is 566 g/mol. The van der Waals surface area contributed by atoms with Gasteiger partial charge in [-0.2, -0.15) is 0 Å². The zero-order valence-electron chi connectivity index (χ0n) is 23.9. The van der Waals surface area contributed by atoms with E-state index in [0.717, 1.165) is 36.6 Å². The molecular formula is C31H43N5O5. The average Bonchev–Trinajstić information content (AvgIpc) is 3.53. The van der Waals surface area contributed by atoms with Crippen molar-refractivity contribution in [2.24, 2.45) is 11.8 Å². The number of H-pyrrole nitrogens is 1. The number of aliphatic hydroxyl groups is 1. The molecule has 2 aromatic rings. The van der Waals surface area contributed by atoms with E-state index in [1.165, 1.54) is 6.42 Å². The Morgan fingerprint density at radius 3 is 2.49 bits per heavy atom. The van der Waals surface area contributed by atoms with Gasteiger partial charge in [0.2, 0.25) is 17.7 Å². The van der Waals surface area contributed by atoms with Gasteiger partial charge in [0.15, 0.2) is 0 Å². The van der Waals surface area contributed by atoms with Crippen LogP contribution >= 0.6 is 0 Å². The van der Waals surface area contributed by atoms with E-state index >= 15 is 0 Å². The molecule has 3 fully saturated rings. The van der Waals surface area contributed by atoms with Crippen LogP contribution in [0, 0.1) is 11.8 Å². The van der Waals surface area contributed by atoms with Crippen molar-refractivity contribution in [3.05, 3.63) is 36.0 Å². The number of carbonyl (C=O) groups is 4. The number of rotatable bonds is 9. The highest BCUT2D eigenvalue weighted by molar-refractivity contribution is 6.00. The fourth-order valence-corrected chi connectivity index (χ4v) is 6.99. The van der Waals surface area contributed by atoms with Crippen molar-refractivity contribution in [3.63, 3.8) is 0 Å². The Morgan fingerprint density at radius 2 is 1.80 bits per heavy atom. The summed E-state index contributed by atoms with van der Waals surface area (Å²) in [6, 6.07) is 8.07. The van der Waals surface area contributed by atoms with Gasteiger partial charge in [-0.1, -0.05) is 50.3 Å². The van der Waals surface area contributed by atoms with Crippen LogP contribution in [0.1, 0.15) is 81.6 Å². The number of amides is 4. The Labute approximate surface area is 241 Å². The molecule has 4 amide bonds. The fourth-order valence-electron chi connectivity index (χ4n) is 6.99. The molecule has 1 saturated carbocycles. The van der Waals surface area contributed by atoms with Crippen LogP contribution < -0.4 is 16.0 Å². The van der Waals surface area contributed by atoms with Gasteiger partial charge in [-0.15, -0.1) is 0 Å². The second-order valence-electron chi connectivity index (χ2n) is 12.3. The number of nitrogens with zero attached hydrogens (tertiary/aromatic N) is 1. The fraction of sp³-hybridized carbons (Fsp3) is 0.613. The van der Waals surface area contributed by atoms with Crippen LogP contribution in [0.3, 0.4) is 0 Å². The zero-order valence-corrected chi connectivity index (χ0v) is 23.9. The second kappa shape index (κ2) is 12.6. The number of hydrogen-bond donors (Lipinski definition) is 5. The van der Waals surface area contributed by atoms with Gasteiger partial charge >= 0.3 is 0 Å². The predicted molar refractivity (Wildman–Crippen MR) is 155 cm³/mol.